The van der Waals surface area contributed by atoms with E-state index in [0.29, 0.717) is 17.3 Å². The summed E-state index contributed by atoms with van der Waals surface area (Å²) in [5, 5.41) is 0. The van der Waals surface area contributed by atoms with E-state index in [1.807, 2.05) is 37.3 Å². The van der Waals surface area contributed by atoms with Gasteiger partial charge in [-0.3, -0.25) is 0 Å². The Morgan fingerprint density at radius 2 is 1.90 bits per heavy atom. The Labute approximate surface area is 123 Å². The molecule has 108 valence electrons. The third-order valence-corrected chi connectivity index (χ3v) is 6.61. The Morgan fingerprint density at radius 1 is 1.25 bits per heavy atom. The number of thiophene rings is 1. The Bertz CT molecular complexity index is 678. The molecule has 0 unspecified atom stereocenters. The summed E-state index contributed by atoms with van der Waals surface area (Å²) in [6, 6.07) is 11.2. The average Bonchev–Trinajstić information content (AvgIpc) is 2.81. The van der Waals surface area contributed by atoms with Crippen LogP contribution in [0.4, 0.5) is 0 Å². The van der Waals surface area contributed by atoms with Crippen molar-refractivity contribution in [2.45, 2.75) is 24.2 Å². The second kappa shape index (κ2) is 6.05. The highest BCUT2D eigenvalue weighted by Crippen LogP contribution is 2.28. The fourth-order valence-corrected chi connectivity index (χ4v) is 4.74. The van der Waals surface area contributed by atoms with Crippen molar-refractivity contribution in [3.63, 3.8) is 0 Å². The maximum atomic E-state index is 12.5. The minimum absolute atomic E-state index is 0.355. The normalized spacial score (nSPS) is 12.0. The van der Waals surface area contributed by atoms with Crippen molar-refractivity contribution >= 4 is 21.4 Å². The van der Waals surface area contributed by atoms with Gasteiger partial charge >= 0.3 is 0 Å². The first-order chi connectivity index (χ1) is 9.45. The number of hydrogen-bond acceptors (Lipinski definition) is 4. The second-order valence-corrected chi connectivity index (χ2v) is 8.03. The zero-order chi connectivity index (χ0) is 14.8. The van der Waals surface area contributed by atoms with Crippen molar-refractivity contribution in [3.8, 4) is 0 Å². The van der Waals surface area contributed by atoms with Crippen LogP contribution in [0, 0.1) is 6.92 Å². The minimum Gasteiger partial charge on any atom is -0.326 e. The molecular formula is C14H18N2O2S2. The third-order valence-electron chi connectivity index (χ3n) is 3.10. The predicted molar refractivity (Wildman–Crippen MR) is 82.0 cm³/mol. The van der Waals surface area contributed by atoms with Crippen molar-refractivity contribution in [2.24, 2.45) is 5.73 Å². The molecule has 0 fully saturated rings. The smallest absolute Gasteiger partial charge is 0.252 e. The molecule has 0 aliphatic heterocycles. The Balaban J connectivity index is 2.25. The van der Waals surface area contributed by atoms with E-state index in [1.54, 1.807) is 13.1 Å². The molecule has 4 nitrogen and oxygen atoms in total. The van der Waals surface area contributed by atoms with Crippen LogP contribution in [0.15, 0.2) is 40.6 Å². The van der Waals surface area contributed by atoms with Gasteiger partial charge in [0.05, 0.1) is 0 Å². The van der Waals surface area contributed by atoms with Crippen molar-refractivity contribution < 1.29 is 8.42 Å². The lowest BCUT2D eigenvalue weighted by Gasteiger charge is -2.16. The molecular weight excluding hydrogens is 292 g/mol. The monoisotopic (exact) mass is 310 g/mol. The van der Waals surface area contributed by atoms with Crippen molar-refractivity contribution in [2.75, 3.05) is 7.05 Å². The summed E-state index contributed by atoms with van der Waals surface area (Å²) in [5.41, 5.74) is 7.51. The van der Waals surface area contributed by atoms with Gasteiger partial charge in [-0.05, 0) is 24.1 Å². The van der Waals surface area contributed by atoms with Gasteiger partial charge in [-0.25, -0.2) is 8.42 Å². The van der Waals surface area contributed by atoms with Crippen LogP contribution in [0.3, 0.4) is 0 Å². The van der Waals surface area contributed by atoms with E-state index in [0.717, 1.165) is 16.0 Å². The summed E-state index contributed by atoms with van der Waals surface area (Å²) in [5.74, 6) is 0. The van der Waals surface area contributed by atoms with E-state index in [1.165, 1.54) is 15.6 Å². The predicted octanol–water partition coefficient (Wildman–Crippen LogP) is 2.34. The highest BCUT2D eigenvalue weighted by Gasteiger charge is 2.23. The fraction of sp³-hybridized carbons (Fsp3) is 0.286. The van der Waals surface area contributed by atoms with E-state index in [4.69, 9.17) is 5.73 Å². The first-order valence-corrected chi connectivity index (χ1v) is 8.50. The molecule has 1 aromatic carbocycles. The highest BCUT2D eigenvalue weighted by molar-refractivity contribution is 7.91. The van der Waals surface area contributed by atoms with Gasteiger partial charge in [0.15, 0.2) is 0 Å². The summed E-state index contributed by atoms with van der Waals surface area (Å²) >= 11 is 1.25. The molecule has 0 saturated heterocycles. The molecule has 20 heavy (non-hydrogen) atoms. The van der Waals surface area contributed by atoms with E-state index in [9.17, 15) is 8.42 Å². The van der Waals surface area contributed by atoms with E-state index in [2.05, 4.69) is 0 Å². The quantitative estimate of drug-likeness (QED) is 0.922. The summed E-state index contributed by atoms with van der Waals surface area (Å²) < 4.78 is 26.8. The topological polar surface area (TPSA) is 63.4 Å². The molecule has 0 spiro atoms. The fourth-order valence-electron chi connectivity index (χ4n) is 1.90. The maximum Gasteiger partial charge on any atom is 0.252 e. The van der Waals surface area contributed by atoms with Crippen molar-refractivity contribution in [1.82, 2.24) is 4.31 Å². The summed E-state index contributed by atoms with van der Waals surface area (Å²) in [6.45, 7) is 2.61. The van der Waals surface area contributed by atoms with E-state index in [-0.39, 0.29) is 0 Å². The van der Waals surface area contributed by atoms with E-state index >= 15 is 0 Å². The molecule has 2 aromatic rings. The van der Waals surface area contributed by atoms with Crippen LogP contribution in [-0.2, 0) is 23.1 Å². The SMILES string of the molecule is Cc1cc(S(=O)(=O)N(C)Cc2ccccc2)sc1CN. The average molecular weight is 310 g/mol. The lowest BCUT2D eigenvalue weighted by atomic mass is 10.2. The number of nitrogens with two attached hydrogens (primary N) is 1. The largest absolute Gasteiger partial charge is 0.326 e. The van der Waals surface area contributed by atoms with Crippen LogP contribution < -0.4 is 5.73 Å². The summed E-state index contributed by atoms with van der Waals surface area (Å²) in [6.07, 6.45) is 0. The van der Waals surface area contributed by atoms with Crippen LogP contribution >= 0.6 is 11.3 Å². The van der Waals surface area contributed by atoms with Crippen molar-refractivity contribution in [3.05, 3.63) is 52.4 Å². The molecule has 1 aromatic heterocycles. The number of hydrogen-bond donors (Lipinski definition) is 1. The summed E-state index contributed by atoms with van der Waals surface area (Å²) in [4.78, 5) is 0.914. The lowest BCUT2D eigenvalue weighted by molar-refractivity contribution is 0.468. The molecule has 6 heteroatoms. The van der Waals surface area contributed by atoms with Gasteiger partial charge < -0.3 is 5.73 Å². The zero-order valence-electron chi connectivity index (χ0n) is 11.5. The van der Waals surface area contributed by atoms with Gasteiger partial charge in [0, 0.05) is 25.0 Å². The van der Waals surface area contributed by atoms with Gasteiger partial charge in [0.25, 0.3) is 10.0 Å². The number of benzene rings is 1. The zero-order valence-corrected chi connectivity index (χ0v) is 13.2. The Kier molecular flexibility index (Phi) is 4.59. The molecule has 0 bridgehead atoms. The lowest BCUT2D eigenvalue weighted by Crippen LogP contribution is -2.25. The van der Waals surface area contributed by atoms with Crippen LogP contribution in [0.25, 0.3) is 0 Å². The van der Waals surface area contributed by atoms with Gasteiger partial charge in [-0.1, -0.05) is 30.3 Å². The molecule has 0 aliphatic rings. The van der Waals surface area contributed by atoms with Crippen LogP contribution in [0.1, 0.15) is 16.0 Å². The highest BCUT2D eigenvalue weighted by atomic mass is 32.2. The maximum absolute atomic E-state index is 12.5. The standard InChI is InChI=1S/C14H18N2O2S2/c1-11-8-14(19-13(11)9-15)20(17,18)16(2)10-12-6-4-3-5-7-12/h3-8H,9-10,15H2,1-2H3. The molecule has 1 heterocycles. The molecule has 0 aliphatic carbocycles. The molecule has 2 N–H and O–H groups in total. The van der Waals surface area contributed by atoms with Gasteiger partial charge in [0.2, 0.25) is 0 Å². The Morgan fingerprint density at radius 3 is 2.45 bits per heavy atom. The molecule has 0 atom stereocenters. The number of rotatable bonds is 5. The number of sulfonamides is 1. The third kappa shape index (κ3) is 3.09. The molecule has 0 saturated carbocycles. The van der Waals surface area contributed by atoms with Crippen LogP contribution in [-0.4, -0.2) is 19.8 Å². The molecule has 2 rings (SSSR count). The van der Waals surface area contributed by atoms with E-state index < -0.39 is 10.0 Å². The van der Waals surface area contributed by atoms with Gasteiger partial charge in [-0.2, -0.15) is 4.31 Å². The number of nitrogens with zero attached hydrogens (tertiary/aromatic N) is 1. The van der Waals surface area contributed by atoms with Crippen LogP contribution in [0.2, 0.25) is 0 Å². The van der Waals surface area contributed by atoms with Crippen molar-refractivity contribution in [1.29, 1.82) is 0 Å². The Hall–Kier alpha value is -1.21. The summed E-state index contributed by atoms with van der Waals surface area (Å²) in [7, 11) is -1.86. The number of aryl methyl sites for hydroxylation is 1. The first kappa shape index (κ1) is 15.2. The second-order valence-electron chi connectivity index (χ2n) is 4.62. The van der Waals surface area contributed by atoms with Gasteiger partial charge in [-0.15, -0.1) is 11.3 Å². The van der Waals surface area contributed by atoms with Crippen LogP contribution in [0.5, 0.6) is 0 Å². The molecule has 0 radical (unpaired) electrons. The van der Waals surface area contributed by atoms with Gasteiger partial charge in [0.1, 0.15) is 4.21 Å². The minimum atomic E-state index is -3.45. The first-order valence-electron chi connectivity index (χ1n) is 6.25. The molecule has 0 amide bonds.